The summed E-state index contributed by atoms with van der Waals surface area (Å²) in [6, 6.07) is 5.90. The Hall–Kier alpha value is -1.32. The molecule has 3 heteroatoms. The highest BCUT2D eigenvalue weighted by Crippen LogP contribution is 2.25. The lowest BCUT2D eigenvalue weighted by molar-refractivity contribution is 0.0339. The van der Waals surface area contributed by atoms with E-state index in [1.807, 2.05) is 37.3 Å². The van der Waals surface area contributed by atoms with Crippen LogP contribution in [0.5, 0.6) is 5.75 Å². The molecule has 2 rings (SSSR count). The van der Waals surface area contributed by atoms with Crippen molar-refractivity contribution < 1.29 is 9.84 Å². The van der Waals surface area contributed by atoms with Crippen LogP contribution in [0, 0.1) is 0 Å². The topological polar surface area (TPSA) is 32.7 Å². The van der Waals surface area contributed by atoms with Crippen LogP contribution in [0.3, 0.4) is 0 Å². The fourth-order valence-electron chi connectivity index (χ4n) is 2.05. The molecule has 1 aliphatic rings. The Balaban J connectivity index is 2.12. The highest BCUT2D eigenvalue weighted by molar-refractivity contribution is 5.59. The number of rotatable bonds is 3. The Morgan fingerprint density at radius 3 is 2.82 bits per heavy atom. The van der Waals surface area contributed by atoms with Gasteiger partial charge >= 0.3 is 0 Å². The molecule has 1 aromatic carbocycles. The molecule has 17 heavy (non-hydrogen) atoms. The van der Waals surface area contributed by atoms with Gasteiger partial charge in [-0.05, 0) is 6.92 Å². The Morgan fingerprint density at radius 2 is 2.12 bits per heavy atom. The molecule has 0 aliphatic carbocycles. The number of nitrogens with zero attached hydrogens (tertiary/aromatic N) is 1. The molecule has 0 amide bonds. The lowest BCUT2D eigenvalue weighted by Gasteiger charge is -2.27. The van der Waals surface area contributed by atoms with Crippen molar-refractivity contribution in [2.45, 2.75) is 13.5 Å². The van der Waals surface area contributed by atoms with Crippen LogP contribution in [0.25, 0.3) is 6.08 Å². The lowest BCUT2D eigenvalue weighted by atomic mass is 10.1. The summed E-state index contributed by atoms with van der Waals surface area (Å²) in [4.78, 5) is 2.30. The van der Waals surface area contributed by atoms with Gasteiger partial charge in [0.1, 0.15) is 5.75 Å². The van der Waals surface area contributed by atoms with Gasteiger partial charge < -0.3 is 9.84 Å². The van der Waals surface area contributed by atoms with E-state index in [1.165, 1.54) is 0 Å². The van der Waals surface area contributed by atoms with E-state index < -0.39 is 0 Å². The zero-order valence-corrected chi connectivity index (χ0v) is 10.2. The molecular weight excluding hydrogens is 214 g/mol. The third-order valence-electron chi connectivity index (χ3n) is 2.99. The number of hydrogen-bond acceptors (Lipinski definition) is 3. The fourth-order valence-corrected chi connectivity index (χ4v) is 2.05. The van der Waals surface area contributed by atoms with Crippen molar-refractivity contribution in [3.8, 4) is 5.75 Å². The molecule has 1 heterocycles. The van der Waals surface area contributed by atoms with Gasteiger partial charge in [0.15, 0.2) is 0 Å². The van der Waals surface area contributed by atoms with Gasteiger partial charge in [0, 0.05) is 30.8 Å². The zero-order chi connectivity index (χ0) is 12.1. The first-order valence-electron chi connectivity index (χ1n) is 6.05. The number of hydrogen-bond donors (Lipinski definition) is 1. The van der Waals surface area contributed by atoms with Crippen molar-refractivity contribution in [1.29, 1.82) is 0 Å². The molecule has 0 bridgehead atoms. The van der Waals surface area contributed by atoms with Crippen molar-refractivity contribution >= 4 is 6.08 Å². The van der Waals surface area contributed by atoms with Crippen LogP contribution in [0.15, 0.2) is 24.3 Å². The summed E-state index contributed by atoms with van der Waals surface area (Å²) in [5, 5.41) is 10.1. The third kappa shape index (κ3) is 3.08. The van der Waals surface area contributed by atoms with Crippen molar-refractivity contribution in [3.63, 3.8) is 0 Å². The Labute approximate surface area is 102 Å². The molecule has 1 aliphatic heterocycles. The van der Waals surface area contributed by atoms with E-state index in [2.05, 4.69) is 4.90 Å². The molecule has 1 fully saturated rings. The predicted octanol–water partition coefficient (Wildman–Crippen LogP) is 2.26. The minimum absolute atomic E-state index is 0.400. The summed E-state index contributed by atoms with van der Waals surface area (Å²) in [7, 11) is 0. The maximum atomic E-state index is 10.1. The molecular formula is C14H19NO2. The van der Waals surface area contributed by atoms with Crippen LogP contribution in [0.2, 0.25) is 0 Å². The standard InChI is InChI=1S/C14H19NO2/c1-2-4-12-5-3-6-13(14(12)16)11-15-7-9-17-10-8-15/h2-6,16H,7-11H2,1H3. The van der Waals surface area contributed by atoms with E-state index in [-0.39, 0.29) is 0 Å². The van der Waals surface area contributed by atoms with E-state index in [9.17, 15) is 5.11 Å². The van der Waals surface area contributed by atoms with Gasteiger partial charge in [0.2, 0.25) is 0 Å². The summed E-state index contributed by atoms with van der Waals surface area (Å²) < 4.78 is 5.31. The summed E-state index contributed by atoms with van der Waals surface area (Å²) in [5.41, 5.74) is 1.88. The molecule has 92 valence electrons. The minimum Gasteiger partial charge on any atom is -0.507 e. The SMILES string of the molecule is CC=Cc1cccc(CN2CCOCC2)c1O. The van der Waals surface area contributed by atoms with Crippen molar-refractivity contribution in [1.82, 2.24) is 4.90 Å². The van der Waals surface area contributed by atoms with Crippen LogP contribution in [-0.4, -0.2) is 36.3 Å². The minimum atomic E-state index is 0.400. The van der Waals surface area contributed by atoms with Crippen LogP contribution in [0.4, 0.5) is 0 Å². The Morgan fingerprint density at radius 1 is 1.35 bits per heavy atom. The van der Waals surface area contributed by atoms with Crippen LogP contribution in [0.1, 0.15) is 18.1 Å². The monoisotopic (exact) mass is 233 g/mol. The molecule has 0 saturated carbocycles. The highest BCUT2D eigenvalue weighted by atomic mass is 16.5. The number of morpholine rings is 1. The number of aromatic hydroxyl groups is 1. The summed E-state index contributed by atoms with van der Waals surface area (Å²) in [6.07, 6.45) is 3.87. The molecule has 1 saturated heterocycles. The van der Waals surface area contributed by atoms with E-state index >= 15 is 0 Å². The Bertz CT molecular complexity index is 395. The first kappa shape index (κ1) is 12.1. The second-order valence-electron chi connectivity index (χ2n) is 4.24. The summed E-state index contributed by atoms with van der Waals surface area (Å²) in [6.45, 7) is 6.19. The van der Waals surface area contributed by atoms with E-state index in [4.69, 9.17) is 4.74 Å². The number of para-hydroxylation sites is 1. The highest BCUT2D eigenvalue weighted by Gasteiger charge is 2.13. The maximum absolute atomic E-state index is 10.1. The first-order valence-corrected chi connectivity index (χ1v) is 6.05. The summed E-state index contributed by atoms with van der Waals surface area (Å²) >= 11 is 0. The number of phenols is 1. The van der Waals surface area contributed by atoms with Gasteiger partial charge in [-0.15, -0.1) is 0 Å². The molecule has 0 spiro atoms. The molecule has 0 radical (unpaired) electrons. The molecule has 0 atom stereocenters. The van der Waals surface area contributed by atoms with Gasteiger partial charge in [-0.2, -0.15) is 0 Å². The second kappa shape index (κ2) is 5.84. The number of ether oxygens (including phenoxy) is 1. The predicted molar refractivity (Wildman–Crippen MR) is 68.9 cm³/mol. The molecule has 3 nitrogen and oxygen atoms in total. The number of phenolic OH excluding ortho intramolecular Hbond substituents is 1. The van der Waals surface area contributed by atoms with Gasteiger partial charge in [-0.25, -0.2) is 0 Å². The smallest absolute Gasteiger partial charge is 0.127 e. The lowest BCUT2D eigenvalue weighted by Crippen LogP contribution is -2.35. The van der Waals surface area contributed by atoms with E-state index in [1.54, 1.807) is 0 Å². The fraction of sp³-hybridized carbons (Fsp3) is 0.429. The number of benzene rings is 1. The normalized spacial score (nSPS) is 17.7. The molecule has 0 unspecified atom stereocenters. The van der Waals surface area contributed by atoms with Crippen molar-refractivity contribution in [3.05, 3.63) is 35.4 Å². The quantitative estimate of drug-likeness (QED) is 0.869. The van der Waals surface area contributed by atoms with Crippen LogP contribution in [-0.2, 0) is 11.3 Å². The zero-order valence-electron chi connectivity index (χ0n) is 10.2. The van der Waals surface area contributed by atoms with Gasteiger partial charge in [0.25, 0.3) is 0 Å². The average Bonchev–Trinajstić information content (AvgIpc) is 2.36. The molecule has 1 N–H and O–H groups in total. The molecule has 1 aromatic rings. The van der Waals surface area contributed by atoms with Crippen LogP contribution < -0.4 is 0 Å². The largest absolute Gasteiger partial charge is 0.507 e. The molecule has 0 aromatic heterocycles. The van der Waals surface area contributed by atoms with E-state index in [0.717, 1.165) is 44.0 Å². The third-order valence-corrected chi connectivity index (χ3v) is 2.99. The Kier molecular flexibility index (Phi) is 4.18. The maximum Gasteiger partial charge on any atom is 0.127 e. The van der Waals surface area contributed by atoms with Gasteiger partial charge in [0.05, 0.1) is 13.2 Å². The van der Waals surface area contributed by atoms with Crippen LogP contribution >= 0.6 is 0 Å². The van der Waals surface area contributed by atoms with Crippen molar-refractivity contribution in [2.24, 2.45) is 0 Å². The summed E-state index contributed by atoms with van der Waals surface area (Å²) in [5.74, 6) is 0.400. The first-order chi connectivity index (χ1) is 8.31. The second-order valence-corrected chi connectivity index (χ2v) is 4.24. The van der Waals surface area contributed by atoms with Gasteiger partial charge in [-0.3, -0.25) is 4.90 Å². The average molecular weight is 233 g/mol. The van der Waals surface area contributed by atoms with E-state index in [0.29, 0.717) is 5.75 Å². The van der Waals surface area contributed by atoms with Gasteiger partial charge in [-0.1, -0.05) is 30.4 Å². The van der Waals surface area contributed by atoms with Crippen molar-refractivity contribution in [2.75, 3.05) is 26.3 Å². The number of allylic oxidation sites excluding steroid dienone is 1.